The first-order chi connectivity index (χ1) is 11.7. The zero-order valence-corrected chi connectivity index (χ0v) is 15.3. The third-order valence-electron chi connectivity index (χ3n) is 3.29. The van der Waals surface area contributed by atoms with E-state index in [1.54, 1.807) is 12.1 Å². The van der Waals surface area contributed by atoms with Crippen molar-refractivity contribution in [2.75, 3.05) is 0 Å². The smallest absolute Gasteiger partial charge is 0.343 e. The number of hydrogen-bond donors (Lipinski definition) is 1. The maximum Gasteiger partial charge on any atom is 0.343 e. The number of alkyl halides is 3. The summed E-state index contributed by atoms with van der Waals surface area (Å²) >= 11 is 23.0. The first kappa shape index (κ1) is 18.1. The van der Waals surface area contributed by atoms with E-state index in [1.807, 2.05) is 0 Å². The Morgan fingerprint density at radius 3 is 2.44 bits per heavy atom. The van der Waals surface area contributed by atoms with Crippen LogP contribution in [0.5, 0.6) is 11.5 Å². The highest BCUT2D eigenvalue weighted by Crippen LogP contribution is 2.36. The van der Waals surface area contributed by atoms with Gasteiger partial charge in [0.15, 0.2) is 0 Å². The average molecular weight is 421 g/mol. The van der Waals surface area contributed by atoms with Crippen molar-refractivity contribution >= 4 is 58.3 Å². The lowest BCUT2D eigenvalue weighted by atomic mass is 10.1. The van der Waals surface area contributed by atoms with Gasteiger partial charge in [-0.1, -0.05) is 46.4 Å². The van der Waals surface area contributed by atoms with E-state index in [1.165, 1.54) is 30.3 Å². The van der Waals surface area contributed by atoms with Gasteiger partial charge in [0.05, 0.1) is 11.1 Å². The minimum Gasteiger partial charge on any atom is -0.465 e. The van der Waals surface area contributed by atoms with E-state index in [0.717, 1.165) is 0 Å². The molecule has 0 radical (unpaired) electrons. The Hall–Kier alpha value is -1.66. The van der Waals surface area contributed by atoms with Crippen LogP contribution in [0, 0.1) is 0 Å². The number of carbonyl (C=O) groups is 2. The number of benzene rings is 2. The van der Waals surface area contributed by atoms with Gasteiger partial charge in [0.2, 0.25) is 10.0 Å². The number of ether oxygens (including phenoxy) is 2. The molecule has 0 aliphatic carbocycles. The number of fused-ring (bicyclic) bond motifs is 1. The number of hydrogen-bond acceptors (Lipinski definition) is 4. The Kier molecular flexibility index (Phi) is 5.02. The quantitative estimate of drug-likeness (QED) is 0.444. The third-order valence-corrected chi connectivity index (χ3v) is 4.14. The predicted octanol–water partition coefficient (Wildman–Crippen LogP) is 4.38. The van der Waals surface area contributed by atoms with Gasteiger partial charge >= 0.3 is 5.97 Å². The van der Waals surface area contributed by atoms with Crippen molar-refractivity contribution in [3.05, 3.63) is 58.6 Å². The summed E-state index contributed by atoms with van der Waals surface area (Å²) in [7, 11) is 0. The molecule has 25 heavy (non-hydrogen) atoms. The summed E-state index contributed by atoms with van der Waals surface area (Å²) in [6, 6.07) is 10.5. The van der Waals surface area contributed by atoms with Gasteiger partial charge in [-0.15, -0.1) is 0 Å². The highest BCUT2D eigenvalue weighted by atomic mass is 35.6. The van der Waals surface area contributed by atoms with Crippen LogP contribution >= 0.6 is 46.4 Å². The lowest BCUT2D eigenvalue weighted by molar-refractivity contribution is 0.0719. The largest absolute Gasteiger partial charge is 0.465 e. The fraction of sp³-hybridized carbons (Fsp3) is 0.125. The van der Waals surface area contributed by atoms with Crippen molar-refractivity contribution in [3.63, 3.8) is 0 Å². The first-order valence-electron chi connectivity index (χ1n) is 6.90. The van der Waals surface area contributed by atoms with Crippen molar-refractivity contribution in [2.45, 2.75) is 10.0 Å². The minimum absolute atomic E-state index is 0.159. The van der Waals surface area contributed by atoms with E-state index >= 15 is 0 Å². The molecule has 2 aromatic rings. The van der Waals surface area contributed by atoms with Crippen LogP contribution in [0.2, 0.25) is 5.02 Å². The maximum atomic E-state index is 12.2. The van der Waals surface area contributed by atoms with Crippen LogP contribution in [0.25, 0.3) is 0 Å². The molecular formula is C16H9Cl4NO4. The third kappa shape index (κ3) is 4.12. The number of nitrogens with one attached hydrogen (secondary N) is 1. The molecule has 1 aliphatic heterocycles. The molecule has 9 heteroatoms. The zero-order chi connectivity index (χ0) is 18.2. The topological polar surface area (TPSA) is 64.6 Å². The normalized spacial score (nSPS) is 16.5. The minimum atomic E-state index is -1.83. The molecule has 0 aromatic heterocycles. The van der Waals surface area contributed by atoms with E-state index in [0.29, 0.717) is 10.6 Å². The summed E-state index contributed by atoms with van der Waals surface area (Å²) in [5.74, 6) is -0.717. The number of amides is 1. The van der Waals surface area contributed by atoms with Gasteiger partial charge in [-0.3, -0.25) is 4.79 Å². The van der Waals surface area contributed by atoms with Crippen molar-refractivity contribution in [1.29, 1.82) is 0 Å². The molecule has 1 unspecified atom stereocenters. The number of carbonyl (C=O) groups excluding carboxylic acids is 2. The van der Waals surface area contributed by atoms with E-state index < -0.39 is 21.9 Å². The van der Waals surface area contributed by atoms with E-state index in [-0.39, 0.29) is 17.1 Å². The van der Waals surface area contributed by atoms with E-state index in [9.17, 15) is 9.59 Å². The molecular weight excluding hydrogens is 412 g/mol. The summed E-state index contributed by atoms with van der Waals surface area (Å²) in [5, 5.41) is 2.92. The fourth-order valence-electron chi connectivity index (χ4n) is 2.11. The van der Waals surface area contributed by atoms with Crippen LogP contribution in [-0.2, 0) is 0 Å². The molecule has 1 N–H and O–H groups in total. The molecule has 1 atom stereocenters. The van der Waals surface area contributed by atoms with Crippen LogP contribution in [-0.4, -0.2) is 21.9 Å². The Labute approximate surface area is 162 Å². The molecule has 3 rings (SSSR count). The van der Waals surface area contributed by atoms with Crippen LogP contribution < -0.4 is 14.8 Å². The Morgan fingerprint density at radius 1 is 1.12 bits per heavy atom. The molecule has 0 saturated carbocycles. The molecule has 0 spiro atoms. The maximum absolute atomic E-state index is 12.2. The fourth-order valence-corrected chi connectivity index (χ4v) is 2.53. The van der Waals surface area contributed by atoms with Gasteiger partial charge in [-0.05, 0) is 42.5 Å². The van der Waals surface area contributed by atoms with Gasteiger partial charge in [0, 0.05) is 5.02 Å². The molecule has 0 saturated heterocycles. The zero-order valence-electron chi connectivity index (χ0n) is 12.3. The molecule has 1 amide bonds. The lowest BCUT2D eigenvalue weighted by Gasteiger charge is -2.31. The SMILES string of the molecule is O=C(Oc1ccc2c(c1)C(=O)NC(C(Cl)(Cl)Cl)O2)c1ccc(Cl)cc1. The molecule has 2 aromatic carbocycles. The second-order valence-corrected chi connectivity index (χ2v) is 7.87. The van der Waals surface area contributed by atoms with E-state index in [4.69, 9.17) is 55.9 Å². The Bertz CT molecular complexity index is 833. The van der Waals surface area contributed by atoms with Gasteiger partial charge in [-0.2, -0.15) is 0 Å². The second-order valence-electron chi connectivity index (χ2n) is 5.07. The van der Waals surface area contributed by atoms with Gasteiger partial charge in [0.1, 0.15) is 11.5 Å². The van der Waals surface area contributed by atoms with Gasteiger partial charge in [-0.25, -0.2) is 4.79 Å². The Balaban J connectivity index is 1.80. The molecule has 1 heterocycles. The average Bonchev–Trinajstić information content (AvgIpc) is 2.55. The van der Waals surface area contributed by atoms with Crippen molar-refractivity contribution in [3.8, 4) is 11.5 Å². The van der Waals surface area contributed by atoms with Crippen LogP contribution in [0.15, 0.2) is 42.5 Å². The van der Waals surface area contributed by atoms with E-state index in [2.05, 4.69) is 5.32 Å². The lowest BCUT2D eigenvalue weighted by Crippen LogP contribution is -2.50. The highest BCUT2D eigenvalue weighted by molar-refractivity contribution is 6.68. The summed E-state index contributed by atoms with van der Waals surface area (Å²) in [6.45, 7) is 0. The van der Waals surface area contributed by atoms with Crippen molar-refractivity contribution in [2.24, 2.45) is 0 Å². The molecule has 1 aliphatic rings. The van der Waals surface area contributed by atoms with Crippen molar-refractivity contribution < 1.29 is 19.1 Å². The number of halogens is 4. The predicted molar refractivity (Wildman–Crippen MR) is 95.0 cm³/mol. The number of esters is 1. The molecule has 130 valence electrons. The summed E-state index contributed by atoms with van der Waals surface area (Å²) < 4.78 is 8.87. The van der Waals surface area contributed by atoms with Crippen LogP contribution in [0.3, 0.4) is 0 Å². The molecule has 0 bridgehead atoms. The summed E-state index contributed by atoms with van der Waals surface area (Å²) in [4.78, 5) is 24.3. The van der Waals surface area contributed by atoms with Crippen LogP contribution in [0.1, 0.15) is 20.7 Å². The van der Waals surface area contributed by atoms with Crippen LogP contribution in [0.4, 0.5) is 0 Å². The summed E-state index contributed by atoms with van der Waals surface area (Å²) in [6.07, 6.45) is -1.13. The van der Waals surface area contributed by atoms with Gasteiger partial charge < -0.3 is 14.8 Å². The highest BCUT2D eigenvalue weighted by Gasteiger charge is 2.40. The second kappa shape index (κ2) is 6.92. The van der Waals surface area contributed by atoms with Gasteiger partial charge in [0.25, 0.3) is 5.91 Å². The van der Waals surface area contributed by atoms with Crippen molar-refractivity contribution in [1.82, 2.24) is 5.32 Å². The monoisotopic (exact) mass is 419 g/mol. The first-order valence-corrected chi connectivity index (χ1v) is 8.41. The standard InChI is InChI=1S/C16H9Cl4NO4/c17-9-3-1-8(2-4-9)14(23)24-10-5-6-12-11(7-10)13(22)21-15(25-12)16(18,19)20/h1-7,15H,(H,21,22). The molecule has 0 fully saturated rings. The number of rotatable bonds is 2. The Morgan fingerprint density at radius 2 is 1.80 bits per heavy atom. The summed E-state index contributed by atoms with van der Waals surface area (Å²) in [5.41, 5.74) is 0.478. The molecule has 5 nitrogen and oxygen atoms in total.